The van der Waals surface area contributed by atoms with E-state index in [0.717, 1.165) is 6.08 Å². The Labute approximate surface area is 143 Å². The topological polar surface area (TPSA) is 81.7 Å². The molecule has 0 saturated carbocycles. The number of sulfonamides is 1. The number of hydrogen-bond donors (Lipinski definition) is 1. The molecule has 0 bridgehead atoms. The fraction of sp³-hybridized carbons (Fsp3) is 0.118. The number of carbonyl (C=O) groups is 1. The summed E-state index contributed by atoms with van der Waals surface area (Å²) in [4.78, 5) is 11.7. The zero-order valence-electron chi connectivity index (χ0n) is 12.9. The van der Waals surface area contributed by atoms with Crippen LogP contribution in [0.25, 0.3) is 6.08 Å². The quantitative estimate of drug-likeness (QED) is 0.842. The van der Waals surface area contributed by atoms with Crippen LogP contribution in [0.2, 0.25) is 0 Å². The Bertz CT molecular complexity index is 940. The predicted molar refractivity (Wildman–Crippen MR) is 88.2 cm³/mol. The summed E-state index contributed by atoms with van der Waals surface area (Å²) in [5.41, 5.74) is 0.437. The van der Waals surface area contributed by atoms with Crippen molar-refractivity contribution in [2.75, 3.05) is 13.2 Å². The summed E-state index contributed by atoms with van der Waals surface area (Å²) >= 11 is 0. The van der Waals surface area contributed by atoms with Crippen LogP contribution in [0.3, 0.4) is 0 Å². The summed E-state index contributed by atoms with van der Waals surface area (Å²) in [6.45, 7) is 0.708. The third-order valence-electron chi connectivity index (χ3n) is 3.33. The van der Waals surface area contributed by atoms with Crippen molar-refractivity contribution >= 4 is 22.0 Å². The molecule has 130 valence electrons. The van der Waals surface area contributed by atoms with Crippen molar-refractivity contribution in [1.82, 2.24) is 4.72 Å². The molecule has 1 aliphatic rings. The number of rotatable bonds is 4. The molecule has 2 aromatic rings. The van der Waals surface area contributed by atoms with Gasteiger partial charge in [0, 0.05) is 12.1 Å². The first-order chi connectivity index (χ1) is 11.9. The van der Waals surface area contributed by atoms with E-state index in [1.54, 1.807) is 6.07 Å². The molecule has 2 aromatic carbocycles. The van der Waals surface area contributed by atoms with Gasteiger partial charge in [0.25, 0.3) is 15.9 Å². The number of benzene rings is 2. The normalized spacial score (nSPS) is 13.6. The molecule has 0 unspecified atom stereocenters. The zero-order valence-corrected chi connectivity index (χ0v) is 13.8. The molecule has 0 radical (unpaired) electrons. The van der Waals surface area contributed by atoms with E-state index in [1.807, 2.05) is 4.72 Å². The number of ether oxygens (including phenoxy) is 2. The molecular formula is C17H14FNO5S. The fourth-order valence-corrected chi connectivity index (χ4v) is 3.16. The number of amides is 1. The minimum atomic E-state index is -4.07. The van der Waals surface area contributed by atoms with Crippen LogP contribution in [0.5, 0.6) is 11.5 Å². The number of fused-ring (bicyclic) bond motifs is 1. The van der Waals surface area contributed by atoms with Crippen LogP contribution in [0.15, 0.2) is 53.4 Å². The molecule has 0 fully saturated rings. The van der Waals surface area contributed by atoms with Gasteiger partial charge in [-0.25, -0.2) is 17.5 Å². The zero-order chi connectivity index (χ0) is 17.9. The van der Waals surface area contributed by atoms with Gasteiger partial charge in [0.1, 0.15) is 19.0 Å². The summed E-state index contributed by atoms with van der Waals surface area (Å²) in [6.07, 6.45) is 2.34. The molecule has 0 atom stereocenters. The van der Waals surface area contributed by atoms with Crippen LogP contribution < -0.4 is 14.2 Å². The monoisotopic (exact) mass is 363 g/mol. The maximum Gasteiger partial charge on any atom is 0.264 e. The molecule has 0 aliphatic carbocycles. The van der Waals surface area contributed by atoms with Crippen LogP contribution >= 0.6 is 0 Å². The summed E-state index contributed by atoms with van der Waals surface area (Å²) in [5, 5.41) is 0. The predicted octanol–water partition coefficient (Wildman–Crippen LogP) is 2.12. The Morgan fingerprint density at radius 3 is 2.60 bits per heavy atom. The van der Waals surface area contributed by atoms with Crippen molar-refractivity contribution in [3.63, 3.8) is 0 Å². The number of nitrogens with one attached hydrogen (secondary N) is 1. The van der Waals surface area contributed by atoms with E-state index in [2.05, 4.69) is 0 Å². The maximum atomic E-state index is 13.1. The van der Waals surface area contributed by atoms with Crippen molar-refractivity contribution in [3.8, 4) is 11.5 Å². The summed E-state index contributed by atoms with van der Waals surface area (Å²) in [5.74, 6) is -0.551. The van der Waals surface area contributed by atoms with Gasteiger partial charge in [-0.05, 0) is 35.9 Å². The lowest BCUT2D eigenvalue weighted by Crippen LogP contribution is -2.29. The molecule has 25 heavy (non-hydrogen) atoms. The number of hydrogen-bond acceptors (Lipinski definition) is 5. The average molecular weight is 363 g/mol. The minimum absolute atomic E-state index is 0.121. The molecular weight excluding hydrogens is 349 g/mol. The van der Waals surface area contributed by atoms with Gasteiger partial charge >= 0.3 is 0 Å². The Balaban J connectivity index is 1.73. The second-order valence-electron chi connectivity index (χ2n) is 5.16. The molecule has 1 heterocycles. The molecule has 0 aromatic heterocycles. The van der Waals surface area contributed by atoms with Crippen molar-refractivity contribution in [2.24, 2.45) is 0 Å². The van der Waals surface area contributed by atoms with E-state index in [4.69, 9.17) is 9.47 Å². The molecule has 1 aliphatic heterocycles. The highest BCUT2D eigenvalue weighted by atomic mass is 32.2. The van der Waals surface area contributed by atoms with Crippen molar-refractivity contribution < 1.29 is 27.1 Å². The Hall–Kier alpha value is -2.87. The third-order valence-corrected chi connectivity index (χ3v) is 4.68. The fourth-order valence-electron chi connectivity index (χ4n) is 2.20. The largest absolute Gasteiger partial charge is 0.486 e. The van der Waals surface area contributed by atoms with Gasteiger partial charge in [0.05, 0.1) is 4.90 Å². The Morgan fingerprint density at radius 1 is 1.08 bits per heavy atom. The van der Waals surface area contributed by atoms with Gasteiger partial charge in [0.2, 0.25) is 0 Å². The van der Waals surface area contributed by atoms with E-state index < -0.39 is 21.7 Å². The lowest BCUT2D eigenvalue weighted by Gasteiger charge is -2.18. The third kappa shape index (κ3) is 4.16. The summed E-state index contributed by atoms with van der Waals surface area (Å²) in [7, 11) is -4.07. The van der Waals surface area contributed by atoms with Crippen LogP contribution in [-0.4, -0.2) is 27.5 Å². The maximum absolute atomic E-state index is 13.1. The first-order valence-electron chi connectivity index (χ1n) is 7.34. The van der Waals surface area contributed by atoms with Gasteiger partial charge in [-0.2, -0.15) is 0 Å². The van der Waals surface area contributed by atoms with E-state index in [9.17, 15) is 17.6 Å². The van der Waals surface area contributed by atoms with Crippen molar-refractivity contribution in [1.29, 1.82) is 0 Å². The first kappa shape index (κ1) is 17.0. The Kier molecular flexibility index (Phi) is 4.71. The molecule has 6 nitrogen and oxygen atoms in total. The summed E-state index contributed by atoms with van der Waals surface area (Å²) < 4.78 is 50.2. The second kappa shape index (κ2) is 6.94. The molecule has 3 rings (SSSR count). The van der Waals surface area contributed by atoms with Crippen LogP contribution in [0, 0.1) is 5.82 Å². The van der Waals surface area contributed by atoms with E-state index in [-0.39, 0.29) is 4.90 Å². The lowest BCUT2D eigenvalue weighted by molar-refractivity contribution is -0.114. The highest BCUT2D eigenvalue weighted by molar-refractivity contribution is 7.90. The molecule has 0 saturated heterocycles. The van der Waals surface area contributed by atoms with Gasteiger partial charge in [-0.3, -0.25) is 4.79 Å². The smallest absolute Gasteiger partial charge is 0.264 e. The molecule has 1 N–H and O–H groups in total. The Morgan fingerprint density at radius 2 is 1.84 bits per heavy atom. The van der Waals surface area contributed by atoms with E-state index >= 15 is 0 Å². The highest BCUT2D eigenvalue weighted by Crippen LogP contribution is 2.32. The van der Waals surface area contributed by atoms with E-state index in [1.165, 1.54) is 42.5 Å². The standard InChI is InChI=1S/C17H14FNO5S/c18-13-3-1-2-12(10-13)4-7-17(20)19-25(21,22)14-5-6-15-16(11-14)24-9-8-23-15/h1-7,10-11H,8-9H2,(H,19,20). The van der Waals surface area contributed by atoms with Gasteiger partial charge in [-0.15, -0.1) is 0 Å². The number of carbonyl (C=O) groups excluding carboxylic acids is 1. The van der Waals surface area contributed by atoms with Crippen LogP contribution in [0.4, 0.5) is 4.39 Å². The first-order valence-corrected chi connectivity index (χ1v) is 8.82. The van der Waals surface area contributed by atoms with Crippen LogP contribution in [-0.2, 0) is 14.8 Å². The summed E-state index contributed by atoms with van der Waals surface area (Å²) in [6, 6.07) is 9.64. The molecule has 0 spiro atoms. The highest BCUT2D eigenvalue weighted by Gasteiger charge is 2.20. The molecule has 8 heteroatoms. The van der Waals surface area contributed by atoms with Crippen LogP contribution in [0.1, 0.15) is 5.56 Å². The lowest BCUT2D eigenvalue weighted by atomic mass is 10.2. The van der Waals surface area contributed by atoms with Gasteiger partial charge < -0.3 is 9.47 Å². The SMILES string of the molecule is O=C(C=Cc1cccc(F)c1)NS(=O)(=O)c1ccc2c(c1)OCCO2. The van der Waals surface area contributed by atoms with E-state index in [0.29, 0.717) is 30.3 Å². The second-order valence-corrected chi connectivity index (χ2v) is 6.85. The van der Waals surface area contributed by atoms with Crippen molar-refractivity contribution in [2.45, 2.75) is 4.90 Å². The van der Waals surface area contributed by atoms with Crippen molar-refractivity contribution in [3.05, 3.63) is 59.9 Å². The van der Waals surface area contributed by atoms with Gasteiger partial charge in [-0.1, -0.05) is 12.1 Å². The average Bonchev–Trinajstić information content (AvgIpc) is 2.59. The molecule has 1 amide bonds. The number of halogens is 1. The minimum Gasteiger partial charge on any atom is -0.486 e. The van der Waals surface area contributed by atoms with Gasteiger partial charge in [0.15, 0.2) is 11.5 Å².